The zero-order valence-corrected chi connectivity index (χ0v) is 10.4. The molecule has 0 radical (unpaired) electrons. The largest absolute Gasteiger partial charge is 0.494 e. The van der Waals surface area contributed by atoms with Crippen molar-refractivity contribution < 1.29 is 13.9 Å². The van der Waals surface area contributed by atoms with Gasteiger partial charge in [-0.1, -0.05) is 13.8 Å². The van der Waals surface area contributed by atoms with E-state index in [1.807, 2.05) is 13.8 Å². The van der Waals surface area contributed by atoms with Crippen LogP contribution in [0.15, 0.2) is 18.2 Å². The van der Waals surface area contributed by atoms with Crippen LogP contribution in [0.2, 0.25) is 0 Å². The number of rotatable bonds is 6. The predicted molar refractivity (Wildman–Crippen MR) is 65.0 cm³/mol. The number of methoxy groups -OCH3 is 1. The van der Waals surface area contributed by atoms with E-state index in [4.69, 9.17) is 4.74 Å². The van der Waals surface area contributed by atoms with E-state index in [-0.39, 0.29) is 11.5 Å². The van der Waals surface area contributed by atoms with Crippen molar-refractivity contribution in [3.63, 3.8) is 0 Å². The first-order valence-electron chi connectivity index (χ1n) is 5.64. The molecule has 17 heavy (non-hydrogen) atoms. The Morgan fingerprint density at radius 2 is 2.18 bits per heavy atom. The fraction of sp³-hybridized carbons (Fsp3) is 0.462. The second kappa shape index (κ2) is 6.35. The number of hydrogen-bond acceptors (Lipinski definition) is 3. The minimum atomic E-state index is -0.504. The van der Waals surface area contributed by atoms with Crippen LogP contribution in [0.4, 0.5) is 4.39 Å². The summed E-state index contributed by atoms with van der Waals surface area (Å²) in [5, 5.41) is 3.14. The Hall–Kier alpha value is -1.42. The van der Waals surface area contributed by atoms with Gasteiger partial charge in [0.25, 0.3) is 0 Å². The molecule has 1 aromatic rings. The number of ketones is 1. The second-order valence-electron chi connectivity index (χ2n) is 4.13. The van der Waals surface area contributed by atoms with Gasteiger partial charge in [-0.05, 0) is 18.2 Å². The summed E-state index contributed by atoms with van der Waals surface area (Å²) in [6.45, 7) is 4.62. The molecular formula is C13H18FNO2. The average Bonchev–Trinajstić information content (AvgIpc) is 2.28. The molecule has 94 valence electrons. The van der Waals surface area contributed by atoms with Gasteiger partial charge >= 0.3 is 0 Å². The number of ether oxygens (including phenoxy) is 1. The van der Waals surface area contributed by atoms with Gasteiger partial charge in [0.05, 0.1) is 7.11 Å². The van der Waals surface area contributed by atoms with Gasteiger partial charge in [0.15, 0.2) is 17.3 Å². The Bertz CT molecular complexity index is 391. The van der Waals surface area contributed by atoms with E-state index >= 15 is 0 Å². The molecule has 0 atom stereocenters. The van der Waals surface area contributed by atoms with E-state index in [0.717, 1.165) is 0 Å². The monoisotopic (exact) mass is 239 g/mol. The van der Waals surface area contributed by atoms with Crippen molar-refractivity contribution in [2.75, 3.05) is 13.7 Å². The zero-order valence-electron chi connectivity index (χ0n) is 10.4. The van der Waals surface area contributed by atoms with Gasteiger partial charge in [-0.15, -0.1) is 0 Å². The molecule has 0 bridgehead atoms. The third kappa shape index (κ3) is 4.15. The van der Waals surface area contributed by atoms with Crippen LogP contribution in [-0.2, 0) is 0 Å². The van der Waals surface area contributed by atoms with Gasteiger partial charge in [-0.3, -0.25) is 4.79 Å². The highest BCUT2D eigenvalue weighted by atomic mass is 19.1. The summed E-state index contributed by atoms with van der Waals surface area (Å²) in [6, 6.07) is 4.62. The van der Waals surface area contributed by atoms with Gasteiger partial charge in [-0.25, -0.2) is 4.39 Å². The lowest BCUT2D eigenvalue weighted by molar-refractivity contribution is 0.0981. The predicted octanol–water partition coefficient (Wildman–Crippen LogP) is 2.41. The molecule has 4 heteroatoms. The summed E-state index contributed by atoms with van der Waals surface area (Å²) in [4.78, 5) is 11.7. The molecule has 0 saturated carbocycles. The lowest BCUT2D eigenvalue weighted by Crippen LogP contribution is -2.25. The Kier molecular flexibility index (Phi) is 5.10. The number of benzene rings is 1. The highest BCUT2D eigenvalue weighted by molar-refractivity contribution is 5.96. The highest BCUT2D eigenvalue weighted by Crippen LogP contribution is 2.18. The minimum absolute atomic E-state index is 0.0697. The summed E-state index contributed by atoms with van der Waals surface area (Å²) < 4.78 is 18.2. The zero-order chi connectivity index (χ0) is 12.8. The first-order valence-corrected chi connectivity index (χ1v) is 5.64. The van der Waals surface area contributed by atoms with Crippen LogP contribution in [-0.4, -0.2) is 25.5 Å². The molecule has 0 spiro atoms. The summed E-state index contributed by atoms with van der Waals surface area (Å²) in [5.41, 5.74) is 0.383. The molecule has 0 fully saturated rings. The maximum atomic E-state index is 13.4. The van der Waals surface area contributed by atoms with Crippen molar-refractivity contribution in [2.24, 2.45) is 0 Å². The van der Waals surface area contributed by atoms with Crippen LogP contribution >= 0.6 is 0 Å². The molecule has 1 N–H and O–H groups in total. The third-order valence-corrected chi connectivity index (χ3v) is 2.38. The number of nitrogens with one attached hydrogen (secondary N) is 1. The fourth-order valence-electron chi connectivity index (χ4n) is 1.46. The summed E-state index contributed by atoms with van der Waals surface area (Å²) in [6.07, 6.45) is 0.365. The van der Waals surface area contributed by atoms with Crippen LogP contribution in [0.25, 0.3) is 0 Å². The molecule has 0 heterocycles. The van der Waals surface area contributed by atoms with E-state index in [9.17, 15) is 9.18 Å². The van der Waals surface area contributed by atoms with Gasteiger partial charge in [0.1, 0.15) is 0 Å². The number of halogens is 1. The molecular weight excluding hydrogens is 221 g/mol. The third-order valence-electron chi connectivity index (χ3n) is 2.38. The maximum Gasteiger partial charge on any atom is 0.165 e. The van der Waals surface area contributed by atoms with Crippen molar-refractivity contribution in [1.29, 1.82) is 0 Å². The van der Waals surface area contributed by atoms with E-state index in [1.54, 1.807) is 6.07 Å². The number of hydrogen-bond donors (Lipinski definition) is 1. The van der Waals surface area contributed by atoms with E-state index in [1.165, 1.54) is 19.2 Å². The summed E-state index contributed by atoms with van der Waals surface area (Å²) >= 11 is 0. The van der Waals surface area contributed by atoms with Crippen LogP contribution in [0, 0.1) is 5.82 Å². The maximum absolute atomic E-state index is 13.4. The molecule has 0 aliphatic rings. The first-order chi connectivity index (χ1) is 8.04. The molecule has 3 nitrogen and oxygen atoms in total. The summed E-state index contributed by atoms with van der Waals surface area (Å²) in [5.74, 6) is -0.420. The Morgan fingerprint density at radius 3 is 2.71 bits per heavy atom. The van der Waals surface area contributed by atoms with E-state index in [2.05, 4.69) is 5.32 Å². The smallest absolute Gasteiger partial charge is 0.165 e. The van der Waals surface area contributed by atoms with Crippen LogP contribution in [0.3, 0.4) is 0 Å². The van der Waals surface area contributed by atoms with Crippen molar-refractivity contribution in [3.8, 4) is 5.75 Å². The van der Waals surface area contributed by atoms with Crippen LogP contribution in [0.1, 0.15) is 30.6 Å². The fourth-order valence-corrected chi connectivity index (χ4v) is 1.46. The molecule has 1 aromatic carbocycles. The average molecular weight is 239 g/mol. The standard InChI is InChI=1S/C13H18FNO2/c1-9(2)15-7-6-12(16)10-4-5-13(17-3)11(14)8-10/h4-5,8-9,15H,6-7H2,1-3H3. The van der Waals surface area contributed by atoms with Crippen LogP contribution < -0.4 is 10.1 Å². The first kappa shape index (κ1) is 13.6. The normalized spacial score (nSPS) is 10.6. The Morgan fingerprint density at radius 1 is 1.47 bits per heavy atom. The van der Waals surface area contributed by atoms with Crippen molar-refractivity contribution in [1.82, 2.24) is 5.32 Å². The quantitative estimate of drug-likeness (QED) is 0.775. The Balaban J connectivity index is 2.60. The molecule has 1 rings (SSSR count). The topological polar surface area (TPSA) is 38.3 Å². The molecule has 0 aromatic heterocycles. The van der Waals surface area contributed by atoms with Gasteiger partial charge in [0.2, 0.25) is 0 Å². The molecule has 0 unspecified atom stereocenters. The van der Waals surface area contributed by atoms with Crippen molar-refractivity contribution in [2.45, 2.75) is 26.3 Å². The number of carbonyl (C=O) groups excluding carboxylic acids is 1. The molecule has 0 amide bonds. The van der Waals surface area contributed by atoms with E-state index < -0.39 is 5.82 Å². The van der Waals surface area contributed by atoms with Crippen LogP contribution in [0.5, 0.6) is 5.75 Å². The van der Waals surface area contributed by atoms with Gasteiger partial charge in [-0.2, -0.15) is 0 Å². The van der Waals surface area contributed by atoms with E-state index in [0.29, 0.717) is 24.6 Å². The second-order valence-corrected chi connectivity index (χ2v) is 4.13. The van der Waals surface area contributed by atoms with Crippen molar-refractivity contribution in [3.05, 3.63) is 29.6 Å². The molecule has 0 aliphatic carbocycles. The molecule has 0 saturated heterocycles. The minimum Gasteiger partial charge on any atom is -0.494 e. The lowest BCUT2D eigenvalue weighted by atomic mass is 10.1. The lowest BCUT2D eigenvalue weighted by Gasteiger charge is -2.08. The number of Topliss-reactive ketones (excluding diaryl/α,β-unsaturated/α-hetero) is 1. The molecule has 0 aliphatic heterocycles. The SMILES string of the molecule is COc1ccc(C(=O)CCNC(C)C)cc1F. The highest BCUT2D eigenvalue weighted by Gasteiger charge is 2.09. The number of carbonyl (C=O) groups is 1. The summed E-state index contributed by atoms with van der Waals surface area (Å²) in [7, 11) is 1.40. The van der Waals surface area contributed by atoms with Crippen molar-refractivity contribution >= 4 is 5.78 Å². The van der Waals surface area contributed by atoms with Gasteiger partial charge < -0.3 is 10.1 Å². The Labute approximate surface area is 101 Å². The van der Waals surface area contributed by atoms with Gasteiger partial charge in [0, 0.05) is 24.6 Å².